The van der Waals surface area contributed by atoms with E-state index in [0.717, 1.165) is 16.7 Å². The second-order valence-electron chi connectivity index (χ2n) is 4.74. The van der Waals surface area contributed by atoms with Gasteiger partial charge < -0.3 is 9.73 Å². The van der Waals surface area contributed by atoms with Gasteiger partial charge in [0.25, 0.3) is 0 Å². The number of hydrogen-bond donors (Lipinski definition) is 2. The van der Waals surface area contributed by atoms with Gasteiger partial charge in [-0.25, -0.2) is 13.1 Å². The molecule has 1 aromatic heterocycles. The number of rotatable bonds is 7. The van der Waals surface area contributed by atoms with E-state index in [1.165, 1.54) is 7.05 Å². The summed E-state index contributed by atoms with van der Waals surface area (Å²) in [7, 11) is -1.69. The van der Waals surface area contributed by atoms with Crippen molar-refractivity contribution in [1.29, 1.82) is 0 Å². The number of fused-ring (bicyclic) bond motifs is 1. The Hall–Kier alpha value is -1.37. The third kappa shape index (κ3) is 3.82. The molecule has 2 rings (SSSR count). The molecule has 0 aliphatic carbocycles. The Morgan fingerprint density at radius 3 is 2.75 bits per heavy atom. The molecule has 0 saturated carbocycles. The fourth-order valence-electron chi connectivity index (χ4n) is 2.00. The van der Waals surface area contributed by atoms with Crippen molar-refractivity contribution in [3.8, 4) is 0 Å². The van der Waals surface area contributed by atoms with Crippen LogP contribution in [0, 0.1) is 0 Å². The van der Waals surface area contributed by atoms with Crippen molar-refractivity contribution in [3.05, 3.63) is 36.1 Å². The van der Waals surface area contributed by atoms with Gasteiger partial charge in [-0.1, -0.05) is 18.2 Å². The van der Waals surface area contributed by atoms with E-state index in [4.69, 9.17) is 4.42 Å². The number of hydrogen-bond acceptors (Lipinski definition) is 4. The summed E-state index contributed by atoms with van der Waals surface area (Å²) in [6.07, 6.45) is 0.563. The van der Waals surface area contributed by atoms with Crippen molar-refractivity contribution >= 4 is 21.0 Å². The molecule has 2 N–H and O–H groups in total. The monoisotopic (exact) mass is 296 g/mol. The molecular formula is C14H20N2O3S. The van der Waals surface area contributed by atoms with Crippen LogP contribution in [0.2, 0.25) is 0 Å². The SMILES string of the molecule is CNS(=O)(=O)CCCN[C@@H](C)c1cc2ccccc2o1. The molecule has 0 saturated heterocycles. The largest absolute Gasteiger partial charge is 0.459 e. The van der Waals surface area contributed by atoms with Gasteiger partial charge in [0, 0.05) is 5.39 Å². The summed E-state index contributed by atoms with van der Waals surface area (Å²) in [4.78, 5) is 0. The van der Waals surface area contributed by atoms with Crippen LogP contribution in [0.4, 0.5) is 0 Å². The lowest BCUT2D eigenvalue weighted by atomic mass is 10.2. The first kappa shape index (κ1) is 15.0. The predicted octanol–water partition coefficient (Wildman–Crippen LogP) is 2.02. The van der Waals surface area contributed by atoms with Crippen LogP contribution in [-0.4, -0.2) is 27.8 Å². The molecule has 5 nitrogen and oxygen atoms in total. The van der Waals surface area contributed by atoms with Gasteiger partial charge in [0.15, 0.2) is 0 Å². The van der Waals surface area contributed by atoms with Gasteiger partial charge in [0.05, 0.1) is 11.8 Å². The van der Waals surface area contributed by atoms with E-state index in [1.807, 2.05) is 37.3 Å². The molecule has 110 valence electrons. The van der Waals surface area contributed by atoms with Gasteiger partial charge in [-0.3, -0.25) is 0 Å². The number of para-hydroxylation sites is 1. The Labute approximate surface area is 119 Å². The van der Waals surface area contributed by atoms with Crippen LogP contribution in [0.5, 0.6) is 0 Å². The standard InChI is InChI=1S/C14H20N2O3S/c1-11(16-8-5-9-20(17,18)15-2)14-10-12-6-3-4-7-13(12)19-14/h3-4,6-7,10-11,15-16H,5,8-9H2,1-2H3/t11-/m0/s1. The third-order valence-electron chi connectivity index (χ3n) is 3.22. The van der Waals surface area contributed by atoms with Gasteiger partial charge in [-0.2, -0.15) is 0 Å². The molecule has 0 radical (unpaired) electrons. The van der Waals surface area contributed by atoms with Crippen LogP contribution in [0.1, 0.15) is 25.1 Å². The maximum absolute atomic E-state index is 11.3. The molecule has 0 aliphatic rings. The number of furan rings is 1. The molecule has 1 aromatic carbocycles. The normalized spacial score (nSPS) is 13.7. The summed E-state index contributed by atoms with van der Waals surface area (Å²) < 4.78 is 30.6. The first-order valence-electron chi connectivity index (χ1n) is 6.65. The first-order chi connectivity index (χ1) is 9.52. The molecule has 20 heavy (non-hydrogen) atoms. The van der Waals surface area contributed by atoms with Gasteiger partial charge in [-0.15, -0.1) is 0 Å². The molecule has 0 aliphatic heterocycles. The lowest BCUT2D eigenvalue weighted by molar-refractivity contribution is 0.451. The minimum Gasteiger partial charge on any atom is -0.459 e. The lowest BCUT2D eigenvalue weighted by Crippen LogP contribution is -2.26. The van der Waals surface area contributed by atoms with Crippen molar-refractivity contribution in [2.75, 3.05) is 19.3 Å². The van der Waals surface area contributed by atoms with Gasteiger partial charge in [0.1, 0.15) is 11.3 Å². The quantitative estimate of drug-likeness (QED) is 0.767. The van der Waals surface area contributed by atoms with Crippen molar-refractivity contribution in [2.24, 2.45) is 0 Å². The van der Waals surface area contributed by atoms with E-state index in [0.29, 0.717) is 13.0 Å². The highest BCUT2D eigenvalue weighted by molar-refractivity contribution is 7.89. The van der Waals surface area contributed by atoms with E-state index in [2.05, 4.69) is 10.0 Å². The van der Waals surface area contributed by atoms with Gasteiger partial charge in [0.2, 0.25) is 10.0 Å². The molecule has 0 fully saturated rings. The molecular weight excluding hydrogens is 276 g/mol. The van der Waals surface area contributed by atoms with Crippen LogP contribution >= 0.6 is 0 Å². The molecule has 2 aromatic rings. The summed E-state index contributed by atoms with van der Waals surface area (Å²) >= 11 is 0. The van der Waals surface area contributed by atoms with Crippen molar-refractivity contribution in [1.82, 2.24) is 10.0 Å². The second-order valence-corrected chi connectivity index (χ2v) is 6.78. The van der Waals surface area contributed by atoms with Crippen molar-refractivity contribution in [3.63, 3.8) is 0 Å². The number of sulfonamides is 1. The van der Waals surface area contributed by atoms with Gasteiger partial charge in [-0.05, 0) is 39.1 Å². The minimum atomic E-state index is -3.12. The molecule has 0 bridgehead atoms. The Kier molecular flexibility index (Phi) is 4.80. The summed E-state index contributed by atoms with van der Waals surface area (Å²) in [6.45, 7) is 2.63. The fourth-order valence-corrected chi connectivity index (χ4v) is 2.73. The minimum absolute atomic E-state index is 0.0553. The predicted molar refractivity (Wildman–Crippen MR) is 80.1 cm³/mol. The highest BCUT2D eigenvalue weighted by Gasteiger charge is 2.11. The Bertz CT molecular complexity index is 631. The van der Waals surface area contributed by atoms with Crippen molar-refractivity contribution in [2.45, 2.75) is 19.4 Å². The Morgan fingerprint density at radius 1 is 1.30 bits per heavy atom. The molecule has 1 atom stereocenters. The Balaban J connectivity index is 1.87. The third-order valence-corrected chi connectivity index (χ3v) is 4.67. The smallest absolute Gasteiger partial charge is 0.211 e. The fraction of sp³-hybridized carbons (Fsp3) is 0.429. The van der Waals surface area contributed by atoms with E-state index in [1.54, 1.807) is 0 Å². The molecule has 6 heteroatoms. The summed E-state index contributed by atoms with van der Waals surface area (Å²) in [5.74, 6) is 0.992. The van der Waals surface area contributed by atoms with Crippen LogP contribution in [-0.2, 0) is 10.0 Å². The van der Waals surface area contributed by atoms with Crippen LogP contribution in [0.15, 0.2) is 34.7 Å². The van der Waals surface area contributed by atoms with Crippen molar-refractivity contribution < 1.29 is 12.8 Å². The zero-order chi connectivity index (χ0) is 14.6. The summed E-state index contributed by atoms with van der Waals surface area (Å²) in [5, 5.41) is 4.35. The van der Waals surface area contributed by atoms with E-state index in [9.17, 15) is 8.42 Å². The zero-order valence-electron chi connectivity index (χ0n) is 11.7. The highest BCUT2D eigenvalue weighted by Crippen LogP contribution is 2.23. The molecule has 1 heterocycles. The average Bonchev–Trinajstić information content (AvgIpc) is 2.87. The molecule has 0 spiro atoms. The lowest BCUT2D eigenvalue weighted by Gasteiger charge is -2.10. The van der Waals surface area contributed by atoms with E-state index in [-0.39, 0.29) is 11.8 Å². The maximum Gasteiger partial charge on any atom is 0.211 e. The van der Waals surface area contributed by atoms with Crippen LogP contribution < -0.4 is 10.0 Å². The highest BCUT2D eigenvalue weighted by atomic mass is 32.2. The number of benzene rings is 1. The maximum atomic E-state index is 11.3. The average molecular weight is 296 g/mol. The van der Waals surface area contributed by atoms with Crippen LogP contribution in [0.25, 0.3) is 11.0 Å². The van der Waals surface area contributed by atoms with E-state index >= 15 is 0 Å². The van der Waals surface area contributed by atoms with E-state index < -0.39 is 10.0 Å². The summed E-state index contributed by atoms with van der Waals surface area (Å²) in [6, 6.07) is 9.93. The molecule has 0 unspecified atom stereocenters. The second kappa shape index (κ2) is 6.39. The number of nitrogens with one attached hydrogen (secondary N) is 2. The van der Waals surface area contributed by atoms with Gasteiger partial charge >= 0.3 is 0 Å². The molecule has 0 amide bonds. The topological polar surface area (TPSA) is 71.3 Å². The van der Waals surface area contributed by atoms with Crippen LogP contribution in [0.3, 0.4) is 0 Å². The summed E-state index contributed by atoms with van der Waals surface area (Å²) in [5.41, 5.74) is 0.869. The zero-order valence-corrected chi connectivity index (χ0v) is 12.5. The Morgan fingerprint density at radius 2 is 2.05 bits per heavy atom. The first-order valence-corrected chi connectivity index (χ1v) is 8.30.